The molecule has 1 aliphatic heterocycles. The normalized spacial score (nSPS) is 18.8. The summed E-state index contributed by atoms with van der Waals surface area (Å²) in [6.45, 7) is 1.45. The van der Waals surface area contributed by atoms with Gasteiger partial charge in [0, 0.05) is 22.3 Å². The average Bonchev–Trinajstić information content (AvgIpc) is 2.93. The maximum Gasteiger partial charge on any atom is 0.310 e. The second-order valence-corrected chi connectivity index (χ2v) is 6.85. The molecule has 2 aromatic rings. The lowest BCUT2D eigenvalue weighted by Crippen LogP contribution is -2.51. The Balaban J connectivity index is 2.11. The summed E-state index contributed by atoms with van der Waals surface area (Å²) >= 11 is 5.95. The summed E-state index contributed by atoms with van der Waals surface area (Å²) in [5, 5.41) is 11.7. The maximum absolute atomic E-state index is 12.7. The molecule has 3 rings (SSSR count). The van der Waals surface area contributed by atoms with E-state index in [0.29, 0.717) is 27.5 Å². The van der Waals surface area contributed by atoms with Crippen LogP contribution in [0.1, 0.15) is 29.3 Å². The number of hydrogen-bond acceptors (Lipinski definition) is 6. The molecule has 7 heteroatoms. The highest BCUT2D eigenvalue weighted by atomic mass is 35.5. The Morgan fingerprint density at radius 2 is 1.71 bits per heavy atom. The van der Waals surface area contributed by atoms with Crippen LogP contribution >= 0.6 is 11.6 Å². The number of anilines is 1. The number of carbonyl (C=O) groups is 3. The van der Waals surface area contributed by atoms with Crippen molar-refractivity contribution in [3.63, 3.8) is 0 Å². The van der Waals surface area contributed by atoms with Gasteiger partial charge >= 0.3 is 5.97 Å². The van der Waals surface area contributed by atoms with Crippen LogP contribution < -0.4 is 4.90 Å². The second-order valence-electron chi connectivity index (χ2n) is 6.41. The fourth-order valence-corrected chi connectivity index (χ4v) is 3.21. The van der Waals surface area contributed by atoms with Crippen LogP contribution in [0.4, 0.5) is 5.69 Å². The van der Waals surface area contributed by atoms with Gasteiger partial charge in [-0.05, 0) is 48.9 Å². The molecule has 0 saturated carbocycles. The van der Waals surface area contributed by atoms with E-state index in [1.807, 2.05) is 0 Å². The third kappa shape index (κ3) is 3.56. The summed E-state index contributed by atoms with van der Waals surface area (Å²) in [5.41, 5.74) is -0.163. The molecule has 144 valence electrons. The Morgan fingerprint density at radius 3 is 2.25 bits per heavy atom. The number of benzene rings is 2. The van der Waals surface area contributed by atoms with E-state index in [4.69, 9.17) is 11.6 Å². The molecule has 0 radical (unpaired) electrons. The largest absolute Gasteiger partial charge is 0.469 e. The summed E-state index contributed by atoms with van der Waals surface area (Å²) in [5.74, 6) is -1.48. The van der Waals surface area contributed by atoms with Crippen LogP contribution in [0.3, 0.4) is 0 Å². The molecule has 2 aromatic carbocycles. The Labute approximate surface area is 167 Å². The number of rotatable bonds is 5. The summed E-state index contributed by atoms with van der Waals surface area (Å²) in [6, 6.07) is 13.2. The first-order valence-electron chi connectivity index (χ1n) is 8.49. The first-order chi connectivity index (χ1) is 13.3. The Hall–Kier alpha value is -2.96. The fraction of sp³-hybridized carbons (Fsp3) is 0.190. The molecule has 1 atom stereocenters. The number of hydrogen-bond donors (Lipinski definition) is 1. The topological polar surface area (TPSA) is 83.9 Å². The molecule has 1 N–H and O–H groups in total. The summed E-state index contributed by atoms with van der Waals surface area (Å²) < 4.78 is 4.65. The third-order valence-corrected chi connectivity index (χ3v) is 4.82. The molecule has 1 aliphatic rings. The van der Waals surface area contributed by atoms with Gasteiger partial charge in [-0.1, -0.05) is 23.7 Å². The van der Waals surface area contributed by atoms with Crippen molar-refractivity contribution in [2.24, 2.45) is 0 Å². The zero-order valence-electron chi connectivity index (χ0n) is 15.3. The lowest BCUT2D eigenvalue weighted by atomic mass is 10.0. The average molecular weight is 400 g/mol. The first-order valence-corrected chi connectivity index (χ1v) is 8.86. The van der Waals surface area contributed by atoms with Gasteiger partial charge in [-0.15, -0.1) is 0 Å². The minimum absolute atomic E-state index is 0.109. The van der Waals surface area contributed by atoms with Gasteiger partial charge in [0.05, 0.1) is 12.8 Å². The van der Waals surface area contributed by atoms with Gasteiger partial charge in [-0.2, -0.15) is 0 Å². The van der Waals surface area contributed by atoms with Gasteiger partial charge in [0.2, 0.25) is 11.5 Å². The van der Waals surface area contributed by atoms with Crippen molar-refractivity contribution in [3.05, 3.63) is 70.8 Å². The van der Waals surface area contributed by atoms with E-state index in [2.05, 4.69) is 4.74 Å². The molecule has 0 aliphatic carbocycles. The predicted octanol–water partition coefficient (Wildman–Crippen LogP) is 3.22. The van der Waals surface area contributed by atoms with Gasteiger partial charge < -0.3 is 14.7 Å². The number of esters is 1. The summed E-state index contributed by atoms with van der Waals surface area (Å²) in [7, 11) is 1.19. The molecule has 6 nitrogen and oxygen atoms in total. The smallest absolute Gasteiger partial charge is 0.310 e. The van der Waals surface area contributed by atoms with E-state index in [9.17, 15) is 19.5 Å². The number of carbonyl (C=O) groups excluding carboxylic acids is 3. The number of methoxy groups -OCH3 is 1. The predicted molar refractivity (Wildman–Crippen MR) is 105 cm³/mol. The molecular formula is C21H18ClNO5. The SMILES string of the molecule is COC(=O)CC1(O)C(=O)C=C(c2ccc(Cl)cc2)N1c1ccc(C(C)=O)cc1. The molecule has 0 fully saturated rings. The maximum atomic E-state index is 12.7. The lowest BCUT2D eigenvalue weighted by Gasteiger charge is -2.35. The van der Waals surface area contributed by atoms with Crippen molar-refractivity contribution in [2.75, 3.05) is 12.0 Å². The molecule has 1 heterocycles. The van der Waals surface area contributed by atoms with Crippen molar-refractivity contribution in [1.82, 2.24) is 0 Å². The van der Waals surface area contributed by atoms with Gasteiger partial charge in [0.1, 0.15) is 6.42 Å². The Morgan fingerprint density at radius 1 is 1.11 bits per heavy atom. The highest BCUT2D eigenvalue weighted by Gasteiger charge is 2.50. The molecular weight excluding hydrogens is 382 g/mol. The van der Waals surface area contributed by atoms with E-state index in [1.165, 1.54) is 25.0 Å². The lowest BCUT2D eigenvalue weighted by molar-refractivity contribution is -0.150. The second kappa shape index (κ2) is 7.58. The van der Waals surface area contributed by atoms with Crippen molar-refractivity contribution < 1.29 is 24.2 Å². The number of nitrogens with zero attached hydrogens (tertiary/aromatic N) is 1. The summed E-state index contributed by atoms with van der Waals surface area (Å²) in [6.07, 6.45) is 0.732. The number of ketones is 2. The van der Waals surface area contributed by atoms with Gasteiger partial charge in [0.15, 0.2) is 5.78 Å². The first kappa shape index (κ1) is 19.8. The van der Waals surface area contributed by atoms with Crippen molar-refractivity contribution >= 4 is 40.5 Å². The van der Waals surface area contributed by atoms with Gasteiger partial charge in [-0.3, -0.25) is 14.4 Å². The minimum Gasteiger partial charge on any atom is -0.469 e. The van der Waals surface area contributed by atoms with E-state index in [-0.39, 0.29) is 5.78 Å². The van der Waals surface area contributed by atoms with Gasteiger partial charge in [-0.25, -0.2) is 0 Å². The van der Waals surface area contributed by atoms with Crippen LogP contribution in [-0.4, -0.2) is 35.5 Å². The van der Waals surface area contributed by atoms with Crippen molar-refractivity contribution in [1.29, 1.82) is 0 Å². The van der Waals surface area contributed by atoms with Crippen LogP contribution in [0.5, 0.6) is 0 Å². The molecule has 0 aromatic heterocycles. The van der Waals surface area contributed by atoms with Crippen LogP contribution in [0.25, 0.3) is 5.70 Å². The zero-order chi connectivity index (χ0) is 20.5. The zero-order valence-corrected chi connectivity index (χ0v) is 16.1. The third-order valence-electron chi connectivity index (χ3n) is 4.56. The minimum atomic E-state index is -2.14. The fourth-order valence-electron chi connectivity index (χ4n) is 3.08. The van der Waals surface area contributed by atoms with Crippen molar-refractivity contribution in [3.8, 4) is 0 Å². The van der Waals surface area contributed by atoms with E-state index in [0.717, 1.165) is 0 Å². The van der Waals surface area contributed by atoms with Crippen LogP contribution in [0.15, 0.2) is 54.6 Å². The molecule has 0 spiro atoms. The summed E-state index contributed by atoms with van der Waals surface area (Å²) in [4.78, 5) is 37.5. The van der Waals surface area contributed by atoms with Crippen molar-refractivity contribution in [2.45, 2.75) is 19.1 Å². The molecule has 0 bridgehead atoms. The van der Waals surface area contributed by atoms with Crippen LogP contribution in [0, 0.1) is 0 Å². The Kier molecular flexibility index (Phi) is 5.36. The van der Waals surface area contributed by atoms with E-state index in [1.54, 1.807) is 48.5 Å². The van der Waals surface area contributed by atoms with Gasteiger partial charge in [0.25, 0.3) is 0 Å². The number of ether oxygens (including phenoxy) is 1. The molecule has 0 amide bonds. The van der Waals surface area contributed by atoms with Crippen LogP contribution in [0.2, 0.25) is 5.02 Å². The standard InChI is InChI=1S/C21H18ClNO5/c1-13(24)14-5-9-17(10-6-14)23-18(15-3-7-16(22)8-4-15)11-19(25)21(23,27)12-20(26)28-2/h3-11,27H,12H2,1-2H3. The molecule has 0 saturated heterocycles. The van der Waals surface area contributed by atoms with E-state index >= 15 is 0 Å². The highest BCUT2D eigenvalue weighted by molar-refractivity contribution is 6.30. The number of Topliss-reactive ketones (excluding diaryl/α,β-unsaturated/α-hetero) is 1. The van der Waals surface area contributed by atoms with E-state index < -0.39 is 23.9 Å². The van der Waals surface area contributed by atoms with Crippen LogP contribution in [-0.2, 0) is 14.3 Å². The molecule has 28 heavy (non-hydrogen) atoms. The molecule has 1 unspecified atom stereocenters. The number of halogens is 1. The number of aliphatic hydroxyl groups is 1. The Bertz CT molecular complexity index is 965. The quantitative estimate of drug-likeness (QED) is 0.614. The highest BCUT2D eigenvalue weighted by Crippen LogP contribution is 2.40. The monoisotopic (exact) mass is 399 g/mol.